The summed E-state index contributed by atoms with van der Waals surface area (Å²) in [5, 5.41) is 11.7. The van der Waals surface area contributed by atoms with E-state index in [0.29, 0.717) is 31.5 Å². The molecule has 1 aromatic heterocycles. The minimum absolute atomic E-state index is 0.248. The maximum atomic E-state index is 12.4. The molecule has 2 heterocycles. The highest BCUT2D eigenvalue weighted by molar-refractivity contribution is 7.09. The van der Waals surface area contributed by atoms with Gasteiger partial charge in [0.25, 0.3) is 0 Å². The largest absolute Gasteiger partial charge is 0.573 e. The summed E-state index contributed by atoms with van der Waals surface area (Å²) in [6.07, 6.45) is -3.98. The standard InChI is InChI=1S/C17H20F3N3O2S/c1-11(2)14-21-15(26-22-14)23-8-6-16(24,7-9-23)12-4-3-5-13(10-12)25-17(18,19)20/h3-5,10-11,24H,6-9H2,1-2H3. The first-order valence-electron chi connectivity index (χ1n) is 8.33. The fourth-order valence-corrected chi connectivity index (χ4v) is 3.79. The number of anilines is 1. The summed E-state index contributed by atoms with van der Waals surface area (Å²) in [5.41, 5.74) is -0.758. The normalized spacial score (nSPS) is 17.6. The zero-order chi connectivity index (χ0) is 18.9. The fraction of sp³-hybridized carbons (Fsp3) is 0.529. The van der Waals surface area contributed by atoms with Crippen LogP contribution in [0.4, 0.5) is 18.3 Å². The van der Waals surface area contributed by atoms with Crippen molar-refractivity contribution in [2.75, 3.05) is 18.0 Å². The van der Waals surface area contributed by atoms with Gasteiger partial charge >= 0.3 is 6.36 Å². The van der Waals surface area contributed by atoms with Crippen LogP contribution < -0.4 is 9.64 Å². The Hall–Kier alpha value is -1.87. The highest BCUT2D eigenvalue weighted by Gasteiger charge is 2.36. The van der Waals surface area contributed by atoms with Crippen molar-refractivity contribution >= 4 is 16.7 Å². The van der Waals surface area contributed by atoms with Gasteiger partial charge in [-0.25, -0.2) is 4.98 Å². The lowest BCUT2D eigenvalue weighted by atomic mass is 9.84. The molecule has 1 N–H and O–H groups in total. The number of hydrogen-bond acceptors (Lipinski definition) is 6. The molecule has 2 aromatic rings. The highest BCUT2D eigenvalue weighted by atomic mass is 32.1. The summed E-state index contributed by atoms with van der Waals surface area (Å²) in [5.74, 6) is 0.720. The lowest BCUT2D eigenvalue weighted by Crippen LogP contribution is -2.42. The van der Waals surface area contributed by atoms with Crippen molar-refractivity contribution in [1.29, 1.82) is 0 Å². The Bertz CT molecular complexity index is 756. The third kappa shape index (κ3) is 4.27. The van der Waals surface area contributed by atoms with E-state index in [0.717, 1.165) is 11.0 Å². The quantitative estimate of drug-likeness (QED) is 0.858. The molecule has 1 aromatic carbocycles. The molecule has 1 aliphatic rings. The lowest BCUT2D eigenvalue weighted by Gasteiger charge is -2.38. The van der Waals surface area contributed by atoms with Gasteiger partial charge in [0.05, 0.1) is 5.60 Å². The van der Waals surface area contributed by atoms with Gasteiger partial charge < -0.3 is 14.7 Å². The van der Waals surface area contributed by atoms with E-state index in [4.69, 9.17) is 0 Å². The van der Waals surface area contributed by atoms with Crippen LogP contribution in [-0.2, 0) is 5.60 Å². The van der Waals surface area contributed by atoms with E-state index in [1.807, 2.05) is 18.7 Å². The molecule has 5 nitrogen and oxygen atoms in total. The summed E-state index contributed by atoms with van der Waals surface area (Å²) in [7, 11) is 0. The second-order valence-corrected chi connectivity index (χ2v) is 7.41. The van der Waals surface area contributed by atoms with Gasteiger partial charge in [0.15, 0.2) is 0 Å². The molecule has 142 valence electrons. The molecule has 1 aliphatic heterocycles. The minimum atomic E-state index is -4.75. The van der Waals surface area contributed by atoms with Crippen LogP contribution in [-0.4, -0.2) is 33.9 Å². The molecule has 1 fully saturated rings. The van der Waals surface area contributed by atoms with E-state index < -0.39 is 12.0 Å². The first-order valence-corrected chi connectivity index (χ1v) is 9.11. The Morgan fingerprint density at radius 2 is 1.96 bits per heavy atom. The van der Waals surface area contributed by atoms with E-state index in [9.17, 15) is 18.3 Å². The predicted molar refractivity (Wildman–Crippen MR) is 92.5 cm³/mol. The lowest BCUT2D eigenvalue weighted by molar-refractivity contribution is -0.274. The van der Waals surface area contributed by atoms with Crippen molar-refractivity contribution in [3.8, 4) is 5.75 Å². The van der Waals surface area contributed by atoms with Crippen LogP contribution in [0.1, 0.15) is 44.0 Å². The number of benzene rings is 1. The van der Waals surface area contributed by atoms with Crippen LogP contribution in [0.25, 0.3) is 0 Å². The number of hydrogen-bond donors (Lipinski definition) is 1. The van der Waals surface area contributed by atoms with E-state index in [-0.39, 0.29) is 11.7 Å². The number of ether oxygens (including phenoxy) is 1. The third-order valence-corrected chi connectivity index (χ3v) is 5.20. The fourth-order valence-electron chi connectivity index (χ4n) is 2.93. The van der Waals surface area contributed by atoms with Crippen LogP contribution in [0.2, 0.25) is 0 Å². The van der Waals surface area contributed by atoms with Crippen molar-refractivity contribution in [1.82, 2.24) is 9.36 Å². The number of halogens is 3. The summed E-state index contributed by atoms with van der Waals surface area (Å²) < 4.78 is 45.5. The van der Waals surface area contributed by atoms with Crippen LogP contribution in [0.5, 0.6) is 5.75 Å². The van der Waals surface area contributed by atoms with Crippen molar-refractivity contribution in [2.24, 2.45) is 0 Å². The molecule has 3 rings (SSSR count). The molecule has 0 unspecified atom stereocenters. The third-order valence-electron chi connectivity index (χ3n) is 4.41. The summed E-state index contributed by atoms with van der Waals surface area (Å²) in [4.78, 5) is 6.56. The Kier molecular flexibility index (Phi) is 5.12. The van der Waals surface area contributed by atoms with Gasteiger partial charge in [0.1, 0.15) is 11.6 Å². The van der Waals surface area contributed by atoms with Gasteiger partial charge in [-0.15, -0.1) is 13.2 Å². The zero-order valence-electron chi connectivity index (χ0n) is 14.5. The maximum absolute atomic E-state index is 12.4. The molecule has 0 radical (unpaired) electrons. The average molecular weight is 387 g/mol. The van der Waals surface area contributed by atoms with Gasteiger partial charge in [-0.2, -0.15) is 4.37 Å². The van der Waals surface area contributed by atoms with E-state index in [1.165, 1.54) is 29.7 Å². The molecular weight excluding hydrogens is 367 g/mol. The number of aromatic nitrogens is 2. The van der Waals surface area contributed by atoms with E-state index in [2.05, 4.69) is 14.1 Å². The number of rotatable bonds is 4. The van der Waals surface area contributed by atoms with Crippen LogP contribution >= 0.6 is 11.5 Å². The van der Waals surface area contributed by atoms with Gasteiger partial charge in [-0.1, -0.05) is 26.0 Å². The first kappa shape index (κ1) is 18.9. The van der Waals surface area contributed by atoms with Gasteiger partial charge in [0.2, 0.25) is 5.13 Å². The summed E-state index contributed by atoms with van der Waals surface area (Å²) >= 11 is 1.33. The molecule has 1 saturated heterocycles. The molecule has 0 aliphatic carbocycles. The molecule has 0 bridgehead atoms. The van der Waals surface area contributed by atoms with Crippen molar-refractivity contribution < 1.29 is 23.0 Å². The smallest absolute Gasteiger partial charge is 0.406 e. The Morgan fingerprint density at radius 3 is 2.54 bits per heavy atom. The highest BCUT2D eigenvalue weighted by Crippen LogP contribution is 2.37. The summed E-state index contributed by atoms with van der Waals surface area (Å²) in [6, 6.07) is 5.57. The Labute approximate surface area is 153 Å². The van der Waals surface area contributed by atoms with Crippen molar-refractivity contribution in [2.45, 2.75) is 44.6 Å². The minimum Gasteiger partial charge on any atom is -0.406 e. The SMILES string of the molecule is CC(C)c1nsc(N2CCC(O)(c3cccc(OC(F)(F)F)c3)CC2)n1. The molecule has 0 atom stereocenters. The van der Waals surface area contributed by atoms with E-state index in [1.54, 1.807) is 6.07 Å². The van der Waals surface area contributed by atoms with Crippen molar-refractivity contribution in [3.63, 3.8) is 0 Å². The second kappa shape index (κ2) is 7.03. The molecule has 0 saturated carbocycles. The molecule has 0 spiro atoms. The van der Waals surface area contributed by atoms with Gasteiger partial charge in [-0.3, -0.25) is 0 Å². The van der Waals surface area contributed by atoms with Crippen LogP contribution in [0.3, 0.4) is 0 Å². The topological polar surface area (TPSA) is 58.5 Å². The molecule has 0 amide bonds. The Balaban J connectivity index is 1.70. The summed E-state index contributed by atoms with van der Waals surface area (Å²) in [6.45, 7) is 5.15. The van der Waals surface area contributed by atoms with Gasteiger partial charge in [-0.05, 0) is 30.5 Å². The number of alkyl halides is 3. The number of aliphatic hydroxyl groups is 1. The maximum Gasteiger partial charge on any atom is 0.573 e. The van der Waals surface area contributed by atoms with Crippen LogP contribution in [0.15, 0.2) is 24.3 Å². The average Bonchev–Trinajstić information content (AvgIpc) is 3.04. The van der Waals surface area contributed by atoms with Crippen LogP contribution in [0, 0.1) is 0 Å². The molecule has 9 heteroatoms. The predicted octanol–water partition coefficient (Wildman–Crippen LogP) is 4.05. The monoisotopic (exact) mass is 387 g/mol. The second-order valence-electron chi connectivity index (χ2n) is 6.68. The zero-order valence-corrected chi connectivity index (χ0v) is 15.3. The van der Waals surface area contributed by atoms with Crippen molar-refractivity contribution in [3.05, 3.63) is 35.7 Å². The van der Waals surface area contributed by atoms with E-state index >= 15 is 0 Å². The molecular formula is C17H20F3N3O2S. The number of piperidine rings is 1. The van der Waals surface area contributed by atoms with Gasteiger partial charge in [0, 0.05) is 30.5 Å². The Morgan fingerprint density at radius 1 is 1.27 bits per heavy atom. The molecule has 26 heavy (non-hydrogen) atoms. The number of nitrogens with zero attached hydrogens (tertiary/aromatic N) is 3. The first-order chi connectivity index (χ1) is 12.2.